The third-order valence-corrected chi connectivity index (χ3v) is 3.09. The van der Waals surface area contributed by atoms with E-state index in [1.165, 1.54) is 6.20 Å². The van der Waals surface area contributed by atoms with Gasteiger partial charge in [0.1, 0.15) is 6.61 Å². The summed E-state index contributed by atoms with van der Waals surface area (Å²) in [6.45, 7) is 1.93. The zero-order valence-corrected chi connectivity index (χ0v) is 13.2. The number of hydrogen-bond donors (Lipinski definition) is 1. The molecule has 2 amide bonds. The zero-order chi connectivity index (χ0) is 17.4. The number of nitrogens with one attached hydrogen (secondary N) is 1. The summed E-state index contributed by atoms with van der Waals surface area (Å²) in [4.78, 5) is 36.3. The van der Waals surface area contributed by atoms with Crippen LogP contribution in [0.15, 0.2) is 54.4 Å². The van der Waals surface area contributed by atoms with E-state index in [4.69, 9.17) is 4.74 Å². The van der Waals surface area contributed by atoms with Crippen LogP contribution in [0.1, 0.15) is 12.5 Å². The van der Waals surface area contributed by atoms with Gasteiger partial charge in [-0.1, -0.05) is 30.3 Å². The second-order valence-electron chi connectivity index (χ2n) is 4.87. The molecule has 0 saturated carbocycles. The first-order valence-electron chi connectivity index (χ1n) is 7.43. The largest absolute Gasteiger partial charge is 0.459 e. The molecule has 7 heteroatoms. The van der Waals surface area contributed by atoms with Gasteiger partial charge in [-0.3, -0.25) is 10.1 Å². The maximum absolute atomic E-state index is 11.9. The van der Waals surface area contributed by atoms with Crippen molar-refractivity contribution in [1.29, 1.82) is 0 Å². The zero-order valence-electron chi connectivity index (χ0n) is 13.2. The molecular formula is C17H18N2O5. The maximum Gasteiger partial charge on any atom is 0.411 e. The van der Waals surface area contributed by atoms with Crippen molar-refractivity contribution in [2.75, 3.05) is 13.2 Å². The van der Waals surface area contributed by atoms with Crippen molar-refractivity contribution in [1.82, 2.24) is 10.2 Å². The highest BCUT2D eigenvalue weighted by atomic mass is 16.5. The number of amides is 2. The van der Waals surface area contributed by atoms with Crippen LogP contribution in [0, 0.1) is 0 Å². The van der Waals surface area contributed by atoms with Crippen molar-refractivity contribution < 1.29 is 23.9 Å². The molecule has 1 heterocycles. The third-order valence-electron chi connectivity index (χ3n) is 3.09. The molecule has 0 aromatic heterocycles. The number of benzene rings is 1. The molecule has 0 saturated heterocycles. The Balaban J connectivity index is 1.83. The lowest BCUT2D eigenvalue weighted by atomic mass is 10.2. The monoisotopic (exact) mass is 330 g/mol. The average Bonchev–Trinajstić information content (AvgIpc) is 2.60. The van der Waals surface area contributed by atoms with Gasteiger partial charge in [0.2, 0.25) is 0 Å². The fourth-order valence-electron chi connectivity index (χ4n) is 1.97. The van der Waals surface area contributed by atoms with E-state index in [-0.39, 0.29) is 19.8 Å². The number of carbonyl (C=O) groups is 3. The van der Waals surface area contributed by atoms with Crippen molar-refractivity contribution in [2.45, 2.75) is 13.5 Å². The Morgan fingerprint density at radius 2 is 1.92 bits per heavy atom. The Morgan fingerprint density at radius 3 is 2.62 bits per heavy atom. The highest BCUT2D eigenvalue weighted by molar-refractivity contribution is 6.32. The van der Waals surface area contributed by atoms with Crippen LogP contribution in [0.5, 0.6) is 0 Å². The topological polar surface area (TPSA) is 84.9 Å². The van der Waals surface area contributed by atoms with Gasteiger partial charge in [-0.2, -0.15) is 0 Å². The lowest BCUT2D eigenvalue weighted by Gasteiger charge is -2.22. The Bertz CT molecular complexity index is 667. The van der Waals surface area contributed by atoms with Gasteiger partial charge < -0.3 is 14.4 Å². The molecular weight excluding hydrogens is 312 g/mol. The van der Waals surface area contributed by atoms with Gasteiger partial charge in [0.05, 0.1) is 13.2 Å². The highest BCUT2D eigenvalue weighted by Gasteiger charge is 2.24. The number of esters is 1. The summed E-state index contributed by atoms with van der Waals surface area (Å²) >= 11 is 0. The van der Waals surface area contributed by atoms with Gasteiger partial charge in [0.15, 0.2) is 0 Å². The smallest absolute Gasteiger partial charge is 0.411 e. The Morgan fingerprint density at radius 1 is 1.17 bits per heavy atom. The van der Waals surface area contributed by atoms with E-state index < -0.39 is 18.0 Å². The van der Waals surface area contributed by atoms with Crippen molar-refractivity contribution >= 4 is 18.0 Å². The van der Waals surface area contributed by atoms with Gasteiger partial charge in [0.25, 0.3) is 0 Å². The van der Waals surface area contributed by atoms with Crippen LogP contribution in [0.25, 0.3) is 0 Å². The highest BCUT2D eigenvalue weighted by Crippen LogP contribution is 2.07. The molecule has 0 radical (unpaired) electrons. The molecule has 1 aliphatic rings. The molecule has 0 fully saturated rings. The minimum absolute atomic E-state index is 0.0502. The van der Waals surface area contributed by atoms with Crippen LogP contribution in [0.4, 0.5) is 4.79 Å². The van der Waals surface area contributed by atoms with Gasteiger partial charge in [-0.05, 0) is 24.6 Å². The van der Waals surface area contributed by atoms with E-state index in [9.17, 15) is 14.4 Å². The molecule has 1 aromatic carbocycles. The van der Waals surface area contributed by atoms with Crippen molar-refractivity contribution in [2.24, 2.45) is 0 Å². The summed E-state index contributed by atoms with van der Waals surface area (Å²) in [5.74, 6) is -1.73. The lowest BCUT2D eigenvalue weighted by Crippen LogP contribution is -2.39. The minimum atomic E-state index is -0.935. The molecule has 126 valence electrons. The van der Waals surface area contributed by atoms with E-state index in [0.717, 1.165) is 10.5 Å². The summed E-state index contributed by atoms with van der Waals surface area (Å²) in [6.07, 6.45) is 3.98. The normalized spacial score (nSPS) is 13.0. The maximum atomic E-state index is 11.9. The first-order chi connectivity index (χ1) is 11.6. The van der Waals surface area contributed by atoms with E-state index in [0.29, 0.717) is 5.70 Å². The summed E-state index contributed by atoms with van der Waals surface area (Å²) in [7, 11) is 0. The number of rotatable bonds is 4. The fourth-order valence-corrected chi connectivity index (χ4v) is 1.97. The summed E-state index contributed by atoms with van der Waals surface area (Å²) in [5.41, 5.74) is 1.30. The Labute approximate surface area is 139 Å². The van der Waals surface area contributed by atoms with Crippen LogP contribution < -0.4 is 5.32 Å². The van der Waals surface area contributed by atoms with Crippen molar-refractivity contribution in [3.05, 3.63) is 59.9 Å². The first kappa shape index (κ1) is 17.3. The standard InChI is InChI=1S/C17H18N2O5/c1-2-23-16(21)15(20)19-10-6-9-14(11-19)18-17(22)24-12-13-7-4-3-5-8-13/h3-10H,2,11-12H2,1H3,(H,18,22). The van der Waals surface area contributed by atoms with Crippen LogP contribution >= 0.6 is 0 Å². The fraction of sp³-hybridized carbons (Fsp3) is 0.235. The molecule has 0 unspecified atom stereocenters. The quantitative estimate of drug-likeness (QED) is 0.671. The van der Waals surface area contributed by atoms with E-state index >= 15 is 0 Å². The number of nitrogens with zero attached hydrogens (tertiary/aromatic N) is 1. The summed E-state index contributed by atoms with van der Waals surface area (Å²) in [6, 6.07) is 9.26. The molecule has 0 atom stereocenters. The van der Waals surface area contributed by atoms with E-state index in [1.807, 2.05) is 30.3 Å². The molecule has 0 aliphatic carbocycles. The summed E-state index contributed by atoms with van der Waals surface area (Å²) < 4.78 is 9.77. The second-order valence-corrected chi connectivity index (χ2v) is 4.87. The third kappa shape index (κ3) is 4.98. The van der Waals surface area contributed by atoms with Crippen LogP contribution in [0.2, 0.25) is 0 Å². The predicted octanol–water partition coefficient (Wildman–Crippen LogP) is 1.72. The van der Waals surface area contributed by atoms with E-state index in [2.05, 4.69) is 10.1 Å². The lowest BCUT2D eigenvalue weighted by molar-refractivity contribution is -0.158. The molecule has 0 bridgehead atoms. The number of carbonyl (C=O) groups excluding carboxylic acids is 3. The van der Waals surface area contributed by atoms with Gasteiger partial charge >= 0.3 is 18.0 Å². The van der Waals surface area contributed by atoms with Crippen molar-refractivity contribution in [3.63, 3.8) is 0 Å². The number of hydrogen-bond acceptors (Lipinski definition) is 5. The molecule has 1 aromatic rings. The molecule has 1 N–H and O–H groups in total. The van der Waals surface area contributed by atoms with Crippen LogP contribution in [-0.2, 0) is 25.7 Å². The van der Waals surface area contributed by atoms with Gasteiger partial charge in [-0.15, -0.1) is 0 Å². The molecule has 7 nitrogen and oxygen atoms in total. The molecule has 24 heavy (non-hydrogen) atoms. The second kappa shape index (κ2) is 8.52. The minimum Gasteiger partial charge on any atom is -0.459 e. The van der Waals surface area contributed by atoms with Gasteiger partial charge in [0, 0.05) is 11.9 Å². The first-order valence-corrected chi connectivity index (χ1v) is 7.43. The summed E-state index contributed by atoms with van der Waals surface area (Å²) in [5, 5.41) is 2.55. The Hall–Kier alpha value is -3.09. The van der Waals surface area contributed by atoms with Crippen LogP contribution in [0.3, 0.4) is 0 Å². The van der Waals surface area contributed by atoms with Crippen molar-refractivity contribution in [3.8, 4) is 0 Å². The number of ether oxygens (including phenoxy) is 2. The SMILES string of the molecule is CCOC(=O)C(=O)N1C=CC=C(NC(=O)OCc2ccccc2)C1. The molecule has 1 aliphatic heterocycles. The predicted molar refractivity (Wildman–Crippen MR) is 85.3 cm³/mol. The van der Waals surface area contributed by atoms with Gasteiger partial charge in [-0.25, -0.2) is 9.59 Å². The molecule has 0 spiro atoms. The van der Waals surface area contributed by atoms with Crippen LogP contribution in [-0.4, -0.2) is 36.0 Å². The number of allylic oxidation sites excluding steroid dienone is 2. The Kier molecular flexibility index (Phi) is 6.13. The van der Waals surface area contributed by atoms with E-state index in [1.54, 1.807) is 19.1 Å². The average molecular weight is 330 g/mol. The number of alkyl carbamates (subject to hydrolysis) is 1. The molecule has 2 rings (SSSR count).